The van der Waals surface area contributed by atoms with Gasteiger partial charge in [-0.05, 0) is 50.4 Å². The van der Waals surface area contributed by atoms with Gasteiger partial charge in [0, 0.05) is 6.10 Å². The van der Waals surface area contributed by atoms with Crippen LogP contribution in [0.3, 0.4) is 0 Å². The van der Waals surface area contributed by atoms with Crippen LogP contribution in [0, 0.1) is 5.92 Å². The number of ether oxygens (including phenoxy) is 1. The molecule has 0 saturated carbocycles. The van der Waals surface area contributed by atoms with E-state index in [4.69, 9.17) is 9.16 Å². The highest BCUT2D eigenvalue weighted by molar-refractivity contribution is 6.74. The van der Waals surface area contributed by atoms with Crippen molar-refractivity contribution in [2.75, 3.05) is 6.61 Å². The van der Waals surface area contributed by atoms with Gasteiger partial charge >= 0.3 is 5.97 Å². The number of esters is 1. The molecule has 0 aromatic rings. The van der Waals surface area contributed by atoms with E-state index in [1.807, 2.05) is 6.08 Å². The van der Waals surface area contributed by atoms with Crippen LogP contribution in [0.1, 0.15) is 79.1 Å². The molecule has 0 aromatic carbocycles. The fraction of sp³-hybridized carbons (Fsp3) is 0.818. The third kappa shape index (κ3) is 8.73. The van der Waals surface area contributed by atoms with E-state index in [1.54, 1.807) is 13.0 Å². The van der Waals surface area contributed by atoms with Gasteiger partial charge in [-0.3, -0.25) is 9.59 Å². The van der Waals surface area contributed by atoms with Gasteiger partial charge in [-0.25, -0.2) is 0 Å². The summed E-state index contributed by atoms with van der Waals surface area (Å²) in [5.41, 5.74) is 0. The van der Waals surface area contributed by atoms with Gasteiger partial charge in [-0.1, -0.05) is 59.0 Å². The van der Waals surface area contributed by atoms with Gasteiger partial charge < -0.3 is 9.16 Å². The van der Waals surface area contributed by atoms with E-state index in [2.05, 4.69) is 33.9 Å². The molecule has 5 heteroatoms. The maximum absolute atomic E-state index is 12.2. The molecule has 1 aliphatic heterocycles. The fourth-order valence-electron chi connectivity index (χ4n) is 2.89. The van der Waals surface area contributed by atoms with E-state index in [0.717, 1.165) is 32.1 Å². The van der Waals surface area contributed by atoms with Crippen molar-refractivity contribution in [3.8, 4) is 0 Å². The Morgan fingerprint density at radius 3 is 2.26 bits per heavy atom. The van der Waals surface area contributed by atoms with Crippen LogP contribution in [0.25, 0.3) is 0 Å². The first-order chi connectivity index (χ1) is 12.5. The first kappa shape index (κ1) is 24.1. The Hall–Kier alpha value is -0.943. The van der Waals surface area contributed by atoms with E-state index < -0.39 is 20.2 Å². The monoisotopic (exact) mass is 396 g/mol. The smallest absolute Gasteiger partial charge is 0.316 e. The SMILES string of the molecule is CC1C(=O)/C=C/CC(O[Si](C)(C)C(C)(C)C)CCCCCCCCOC1=O. The van der Waals surface area contributed by atoms with Crippen LogP contribution in [0.5, 0.6) is 0 Å². The number of hydrogen-bond donors (Lipinski definition) is 0. The highest BCUT2D eigenvalue weighted by atomic mass is 28.4. The maximum atomic E-state index is 12.2. The molecule has 1 rings (SSSR count). The number of carbonyl (C=O) groups excluding carboxylic acids is 2. The molecule has 0 fully saturated rings. The lowest BCUT2D eigenvalue weighted by Crippen LogP contribution is -2.43. The molecule has 27 heavy (non-hydrogen) atoms. The highest BCUT2D eigenvalue weighted by Gasteiger charge is 2.38. The van der Waals surface area contributed by atoms with E-state index in [-0.39, 0.29) is 16.9 Å². The summed E-state index contributed by atoms with van der Waals surface area (Å²) in [4.78, 5) is 24.2. The van der Waals surface area contributed by atoms with Gasteiger partial charge in [0.25, 0.3) is 0 Å². The third-order valence-corrected chi connectivity index (χ3v) is 10.4. The lowest BCUT2D eigenvalue weighted by molar-refractivity contribution is -0.150. The summed E-state index contributed by atoms with van der Waals surface area (Å²) in [6.07, 6.45) is 12.0. The second kappa shape index (κ2) is 11.2. The standard InChI is InChI=1S/C22H40O4Si/c1-18-20(23)16-13-15-19(26-27(5,6)22(2,3)4)14-11-9-7-8-10-12-17-25-21(18)24/h13,16,18-19H,7-12,14-15,17H2,1-6H3/b16-13+. The second-order valence-electron chi connectivity index (χ2n) is 9.34. The summed E-state index contributed by atoms with van der Waals surface area (Å²) < 4.78 is 11.9. The molecule has 2 atom stereocenters. The van der Waals surface area contributed by atoms with Gasteiger partial charge in [0.2, 0.25) is 0 Å². The maximum Gasteiger partial charge on any atom is 0.316 e. The predicted molar refractivity (Wildman–Crippen MR) is 113 cm³/mol. The Morgan fingerprint density at radius 2 is 1.63 bits per heavy atom. The molecule has 0 bridgehead atoms. The molecule has 0 saturated heterocycles. The minimum absolute atomic E-state index is 0.144. The van der Waals surface area contributed by atoms with Crippen LogP contribution in [0.4, 0.5) is 0 Å². The number of hydrogen-bond acceptors (Lipinski definition) is 4. The van der Waals surface area contributed by atoms with Crippen molar-refractivity contribution >= 4 is 20.1 Å². The molecule has 4 nitrogen and oxygen atoms in total. The number of ketones is 1. The number of carbonyl (C=O) groups is 2. The average Bonchev–Trinajstić information content (AvgIpc) is 2.56. The van der Waals surface area contributed by atoms with Crippen molar-refractivity contribution in [3.05, 3.63) is 12.2 Å². The van der Waals surface area contributed by atoms with E-state index in [9.17, 15) is 9.59 Å². The lowest BCUT2D eigenvalue weighted by atomic mass is 10.0. The van der Waals surface area contributed by atoms with Gasteiger partial charge in [0.15, 0.2) is 14.1 Å². The van der Waals surface area contributed by atoms with Crippen molar-refractivity contribution in [3.63, 3.8) is 0 Å². The zero-order chi connectivity index (χ0) is 20.5. The van der Waals surface area contributed by atoms with Gasteiger partial charge in [-0.2, -0.15) is 0 Å². The Balaban J connectivity index is 2.81. The Bertz CT molecular complexity index is 505. The minimum Gasteiger partial charge on any atom is -0.465 e. The summed E-state index contributed by atoms with van der Waals surface area (Å²) in [7, 11) is -1.85. The Kier molecular flexibility index (Phi) is 9.95. The topological polar surface area (TPSA) is 52.6 Å². The first-order valence-corrected chi connectivity index (χ1v) is 13.5. The molecule has 0 spiro atoms. The first-order valence-electron chi connectivity index (χ1n) is 10.6. The molecular weight excluding hydrogens is 356 g/mol. The van der Waals surface area contributed by atoms with Crippen LogP contribution in [-0.4, -0.2) is 32.8 Å². The molecule has 1 aliphatic rings. The van der Waals surface area contributed by atoms with E-state index in [0.29, 0.717) is 6.61 Å². The van der Waals surface area contributed by atoms with Crippen LogP contribution < -0.4 is 0 Å². The van der Waals surface area contributed by atoms with E-state index in [1.165, 1.54) is 19.3 Å². The quantitative estimate of drug-likeness (QED) is 0.335. The fourth-order valence-corrected chi connectivity index (χ4v) is 4.29. The van der Waals surface area contributed by atoms with Crippen LogP contribution in [0.15, 0.2) is 12.2 Å². The number of cyclic esters (lactones) is 1. The number of allylic oxidation sites excluding steroid dienone is 1. The summed E-state index contributed by atoms with van der Waals surface area (Å²) in [6, 6.07) is 0. The molecule has 0 aromatic heterocycles. The molecule has 0 amide bonds. The zero-order valence-electron chi connectivity index (χ0n) is 18.3. The highest BCUT2D eigenvalue weighted by Crippen LogP contribution is 2.38. The summed E-state index contributed by atoms with van der Waals surface area (Å²) in [6.45, 7) is 13.4. The van der Waals surface area contributed by atoms with Crippen LogP contribution in [0.2, 0.25) is 18.1 Å². The summed E-state index contributed by atoms with van der Waals surface area (Å²) in [5.74, 6) is -1.32. The van der Waals surface area contributed by atoms with Crippen LogP contribution in [-0.2, 0) is 18.8 Å². The largest absolute Gasteiger partial charge is 0.465 e. The second-order valence-corrected chi connectivity index (χ2v) is 14.1. The molecular formula is C22H40O4Si. The van der Waals surface area contributed by atoms with Crippen molar-refractivity contribution in [2.24, 2.45) is 5.92 Å². The molecule has 2 unspecified atom stereocenters. The van der Waals surface area contributed by atoms with E-state index >= 15 is 0 Å². The van der Waals surface area contributed by atoms with Gasteiger partial charge in [0.1, 0.15) is 5.92 Å². The van der Waals surface area contributed by atoms with Gasteiger partial charge in [0.05, 0.1) is 6.61 Å². The minimum atomic E-state index is -1.85. The van der Waals surface area contributed by atoms with Crippen molar-refractivity contribution < 1.29 is 18.8 Å². The van der Waals surface area contributed by atoms with Crippen LogP contribution >= 0.6 is 0 Å². The molecule has 0 N–H and O–H groups in total. The third-order valence-electron chi connectivity index (χ3n) is 5.89. The van der Waals surface area contributed by atoms with Crippen molar-refractivity contribution in [2.45, 2.75) is 103 Å². The molecule has 156 valence electrons. The molecule has 1 heterocycles. The predicted octanol–water partition coefficient (Wildman–Crippen LogP) is 5.82. The summed E-state index contributed by atoms with van der Waals surface area (Å²) in [5, 5.41) is 0.167. The lowest BCUT2D eigenvalue weighted by Gasteiger charge is -2.39. The Morgan fingerprint density at radius 1 is 1.04 bits per heavy atom. The van der Waals surface area contributed by atoms with Crippen molar-refractivity contribution in [1.29, 1.82) is 0 Å². The summed E-state index contributed by atoms with van der Waals surface area (Å²) >= 11 is 0. The zero-order valence-corrected chi connectivity index (χ0v) is 19.3. The average molecular weight is 397 g/mol. The normalized spacial score (nSPS) is 26.4. The molecule has 0 radical (unpaired) electrons. The molecule has 0 aliphatic carbocycles. The van der Waals surface area contributed by atoms with Gasteiger partial charge in [-0.15, -0.1) is 0 Å². The number of rotatable bonds is 2. The Labute approximate surface area is 167 Å². The van der Waals surface area contributed by atoms with Crippen molar-refractivity contribution in [1.82, 2.24) is 0 Å².